The number of aliphatic hydroxyl groups is 1. The SMILES string of the molecule is COc1ccccc1C(CN1c2sc(C(F)(F)F)c(C)c2C(=O)N(C2(C(=O)O)CC2)C1O)OC1CCOCC1. The first-order valence-corrected chi connectivity index (χ1v) is 13.4. The van der Waals surface area contributed by atoms with Crippen molar-refractivity contribution < 1.29 is 47.2 Å². The molecule has 5 rings (SSSR count). The van der Waals surface area contributed by atoms with Crippen molar-refractivity contribution >= 4 is 28.2 Å². The number of amides is 1. The second-order valence-corrected chi connectivity index (χ2v) is 10.9. The van der Waals surface area contributed by atoms with Gasteiger partial charge in [0, 0.05) is 18.8 Å². The zero-order valence-electron chi connectivity index (χ0n) is 21.4. The normalized spacial score (nSPS) is 22.0. The van der Waals surface area contributed by atoms with Crippen molar-refractivity contribution in [2.75, 3.05) is 31.8 Å². The summed E-state index contributed by atoms with van der Waals surface area (Å²) in [6.07, 6.45) is -6.21. The summed E-state index contributed by atoms with van der Waals surface area (Å²) in [5, 5.41) is 21.3. The molecule has 3 heterocycles. The Labute approximate surface area is 226 Å². The van der Waals surface area contributed by atoms with Crippen LogP contribution in [0.4, 0.5) is 18.2 Å². The van der Waals surface area contributed by atoms with E-state index >= 15 is 0 Å². The van der Waals surface area contributed by atoms with Crippen molar-refractivity contribution in [3.63, 3.8) is 0 Å². The van der Waals surface area contributed by atoms with Gasteiger partial charge in [-0.05, 0) is 44.2 Å². The summed E-state index contributed by atoms with van der Waals surface area (Å²) in [7, 11) is 1.49. The molecule has 2 unspecified atom stereocenters. The van der Waals surface area contributed by atoms with E-state index in [9.17, 15) is 33.0 Å². The maximum absolute atomic E-state index is 14.0. The van der Waals surface area contributed by atoms with Crippen LogP contribution in [0.3, 0.4) is 0 Å². The van der Waals surface area contributed by atoms with Gasteiger partial charge in [-0.2, -0.15) is 13.2 Å². The molecule has 2 aliphatic heterocycles. The lowest BCUT2D eigenvalue weighted by Crippen LogP contribution is -2.62. The molecule has 0 bridgehead atoms. The number of carboxylic acids is 1. The zero-order chi connectivity index (χ0) is 28.1. The van der Waals surface area contributed by atoms with Crippen LogP contribution in [0.5, 0.6) is 5.75 Å². The number of fused-ring (bicyclic) bond motifs is 1. The van der Waals surface area contributed by atoms with Gasteiger partial charge in [-0.25, -0.2) is 4.79 Å². The van der Waals surface area contributed by atoms with E-state index < -0.39 is 40.9 Å². The van der Waals surface area contributed by atoms with Gasteiger partial charge in [0.25, 0.3) is 5.91 Å². The number of thiophene rings is 1. The first-order chi connectivity index (χ1) is 18.5. The van der Waals surface area contributed by atoms with E-state index in [1.54, 1.807) is 24.3 Å². The Morgan fingerprint density at radius 3 is 2.51 bits per heavy atom. The van der Waals surface area contributed by atoms with Crippen molar-refractivity contribution in [2.45, 2.75) is 62.9 Å². The summed E-state index contributed by atoms with van der Waals surface area (Å²) >= 11 is 0.358. The number of hydrogen-bond donors (Lipinski definition) is 2. The summed E-state index contributed by atoms with van der Waals surface area (Å²) in [6.45, 7) is 2.01. The number of methoxy groups -OCH3 is 1. The van der Waals surface area contributed by atoms with Crippen molar-refractivity contribution in [3.05, 3.63) is 45.8 Å². The minimum absolute atomic E-state index is 0.0785. The minimum atomic E-state index is -4.74. The molecule has 1 aromatic carbocycles. The van der Waals surface area contributed by atoms with Crippen LogP contribution in [-0.4, -0.2) is 71.9 Å². The number of aliphatic hydroxyl groups excluding tert-OH is 1. The largest absolute Gasteiger partial charge is 0.496 e. The maximum Gasteiger partial charge on any atom is 0.425 e. The lowest BCUT2D eigenvalue weighted by atomic mass is 10.0. The predicted octanol–water partition coefficient (Wildman–Crippen LogP) is 4.18. The average Bonchev–Trinajstić information content (AvgIpc) is 3.62. The van der Waals surface area contributed by atoms with Gasteiger partial charge < -0.3 is 29.3 Å². The predicted molar refractivity (Wildman–Crippen MR) is 134 cm³/mol. The number of carbonyl (C=O) groups excluding carboxylic acids is 1. The van der Waals surface area contributed by atoms with Gasteiger partial charge in [-0.3, -0.25) is 9.69 Å². The third kappa shape index (κ3) is 4.85. The third-order valence-electron chi connectivity index (χ3n) is 7.55. The second kappa shape index (κ2) is 10.3. The van der Waals surface area contributed by atoms with Gasteiger partial charge in [0.15, 0.2) is 0 Å². The van der Waals surface area contributed by atoms with Crippen molar-refractivity contribution in [3.8, 4) is 5.75 Å². The maximum atomic E-state index is 14.0. The number of halogens is 3. The molecule has 1 aliphatic carbocycles. The molecule has 3 aliphatic rings. The fourth-order valence-electron chi connectivity index (χ4n) is 5.33. The molecule has 0 radical (unpaired) electrons. The fourth-order valence-corrected chi connectivity index (χ4v) is 6.52. The summed E-state index contributed by atoms with van der Waals surface area (Å²) in [5.41, 5.74) is -1.64. The quantitative estimate of drug-likeness (QED) is 0.487. The number of carboxylic acid groups (broad SMARTS) is 1. The minimum Gasteiger partial charge on any atom is -0.496 e. The topological polar surface area (TPSA) is 109 Å². The number of hydrogen-bond acceptors (Lipinski definition) is 8. The number of ether oxygens (including phenoxy) is 3. The standard InChI is InChI=1S/C26H29F3N2O7S/c1-14-19-21(32)31(25(9-10-25)23(33)34)24(35)30(22(19)39-20(14)26(27,28)29)13-18(38-15-7-11-37-12-8-15)16-5-3-4-6-17(16)36-2/h3-6,15,18,24,35H,7-13H2,1-2H3,(H,33,34). The molecule has 9 nitrogen and oxygen atoms in total. The van der Waals surface area contributed by atoms with Gasteiger partial charge in [-0.1, -0.05) is 18.2 Å². The van der Waals surface area contributed by atoms with Crippen LogP contribution in [-0.2, 0) is 20.4 Å². The van der Waals surface area contributed by atoms with Crippen LogP contribution in [0.2, 0.25) is 0 Å². The molecule has 2 aromatic rings. The molecule has 2 atom stereocenters. The van der Waals surface area contributed by atoms with E-state index in [1.807, 2.05) is 0 Å². The third-order valence-corrected chi connectivity index (χ3v) is 8.92. The summed E-state index contributed by atoms with van der Waals surface area (Å²) in [4.78, 5) is 26.8. The van der Waals surface area contributed by atoms with Crippen LogP contribution in [0.1, 0.15) is 58.1 Å². The number of anilines is 1. The summed E-state index contributed by atoms with van der Waals surface area (Å²) < 4.78 is 59.3. The highest BCUT2D eigenvalue weighted by molar-refractivity contribution is 7.17. The highest BCUT2D eigenvalue weighted by Gasteiger charge is 2.62. The Morgan fingerprint density at radius 2 is 1.92 bits per heavy atom. The number of alkyl halides is 3. The summed E-state index contributed by atoms with van der Waals surface area (Å²) in [6, 6.07) is 7.03. The number of aliphatic carboxylic acids is 1. The van der Waals surface area contributed by atoms with Crippen molar-refractivity contribution in [2.24, 2.45) is 0 Å². The molecule has 212 valence electrons. The molecule has 1 aromatic heterocycles. The Hall–Kier alpha value is -2.87. The van der Waals surface area contributed by atoms with E-state index in [1.165, 1.54) is 18.9 Å². The number of carbonyl (C=O) groups is 2. The van der Waals surface area contributed by atoms with Crippen LogP contribution < -0.4 is 9.64 Å². The van der Waals surface area contributed by atoms with Gasteiger partial charge in [-0.15, -0.1) is 11.3 Å². The van der Waals surface area contributed by atoms with E-state index in [4.69, 9.17) is 14.2 Å². The molecule has 2 N–H and O–H groups in total. The van der Waals surface area contributed by atoms with E-state index in [-0.39, 0.29) is 41.6 Å². The average molecular weight is 571 g/mol. The van der Waals surface area contributed by atoms with Crippen LogP contribution in [0.25, 0.3) is 0 Å². The van der Waals surface area contributed by atoms with E-state index in [0.29, 0.717) is 48.7 Å². The molecule has 39 heavy (non-hydrogen) atoms. The number of rotatable bonds is 8. The van der Waals surface area contributed by atoms with Crippen LogP contribution in [0.15, 0.2) is 24.3 Å². The number of para-hydroxylation sites is 1. The number of benzene rings is 1. The van der Waals surface area contributed by atoms with Gasteiger partial charge in [0.1, 0.15) is 27.3 Å². The highest BCUT2D eigenvalue weighted by atomic mass is 32.1. The fraction of sp³-hybridized carbons (Fsp3) is 0.538. The van der Waals surface area contributed by atoms with E-state index in [0.717, 1.165) is 4.90 Å². The molecule has 0 spiro atoms. The molecule has 1 amide bonds. The Kier molecular flexibility index (Phi) is 7.29. The molecular formula is C26H29F3N2O7S. The van der Waals surface area contributed by atoms with Crippen molar-refractivity contribution in [1.82, 2.24) is 4.90 Å². The monoisotopic (exact) mass is 570 g/mol. The number of nitrogens with zero attached hydrogens (tertiary/aromatic N) is 2. The molecule has 1 saturated heterocycles. The zero-order valence-corrected chi connectivity index (χ0v) is 22.2. The smallest absolute Gasteiger partial charge is 0.425 e. The van der Waals surface area contributed by atoms with Gasteiger partial charge >= 0.3 is 12.1 Å². The highest BCUT2D eigenvalue weighted by Crippen LogP contribution is 2.52. The van der Waals surface area contributed by atoms with Crippen LogP contribution >= 0.6 is 11.3 Å². The Bertz CT molecular complexity index is 1260. The molecular weight excluding hydrogens is 541 g/mol. The Balaban J connectivity index is 1.61. The second-order valence-electron chi connectivity index (χ2n) is 9.92. The van der Waals surface area contributed by atoms with Crippen LogP contribution in [0, 0.1) is 6.92 Å². The van der Waals surface area contributed by atoms with Gasteiger partial charge in [0.2, 0.25) is 6.35 Å². The lowest BCUT2D eigenvalue weighted by molar-refractivity contribution is -0.149. The lowest BCUT2D eigenvalue weighted by Gasteiger charge is -2.45. The first kappa shape index (κ1) is 27.7. The first-order valence-electron chi connectivity index (χ1n) is 12.6. The van der Waals surface area contributed by atoms with Crippen molar-refractivity contribution in [1.29, 1.82) is 0 Å². The molecule has 2 fully saturated rings. The molecule has 1 saturated carbocycles. The van der Waals surface area contributed by atoms with Gasteiger partial charge in [0.05, 0.1) is 25.3 Å². The Morgan fingerprint density at radius 1 is 1.26 bits per heavy atom. The summed E-state index contributed by atoms with van der Waals surface area (Å²) in [5.74, 6) is -1.77. The van der Waals surface area contributed by atoms with E-state index in [2.05, 4.69) is 0 Å². The molecule has 13 heteroatoms.